The predicted molar refractivity (Wildman–Crippen MR) is 73.3 cm³/mol. The highest BCUT2D eigenvalue weighted by Crippen LogP contribution is 2.15. The van der Waals surface area contributed by atoms with E-state index in [1.54, 1.807) is 7.11 Å². The average Bonchev–Trinajstić information content (AvgIpc) is 2.29. The molecule has 0 bridgehead atoms. The van der Waals surface area contributed by atoms with E-state index in [2.05, 4.69) is 57.3 Å². The lowest BCUT2D eigenvalue weighted by atomic mass is 10.0. The second kappa shape index (κ2) is 6.18. The second-order valence-corrected chi connectivity index (χ2v) is 5.30. The first-order valence-corrected chi connectivity index (χ1v) is 6.30. The van der Waals surface area contributed by atoms with Crippen LogP contribution in [0.3, 0.4) is 0 Å². The molecule has 17 heavy (non-hydrogen) atoms. The first kappa shape index (κ1) is 14.2. The highest BCUT2D eigenvalue weighted by atomic mass is 16.5. The molecule has 0 aliphatic rings. The summed E-state index contributed by atoms with van der Waals surface area (Å²) in [4.78, 5) is 0. The van der Waals surface area contributed by atoms with Gasteiger partial charge in [0, 0.05) is 13.2 Å². The highest BCUT2D eigenvalue weighted by Gasteiger charge is 2.16. The molecule has 0 saturated carbocycles. The fourth-order valence-electron chi connectivity index (χ4n) is 1.66. The smallest absolute Gasteiger partial charge is 0.0634 e. The van der Waals surface area contributed by atoms with Crippen LogP contribution in [0.25, 0.3) is 0 Å². The van der Waals surface area contributed by atoms with Gasteiger partial charge in [0.2, 0.25) is 0 Å². The molecule has 1 aromatic rings. The molecule has 0 saturated heterocycles. The Morgan fingerprint density at radius 1 is 1.24 bits per heavy atom. The molecule has 0 fully saturated rings. The predicted octanol–water partition coefficient (Wildman–Crippen LogP) is 3.46. The minimum Gasteiger partial charge on any atom is -0.379 e. The van der Waals surface area contributed by atoms with E-state index in [9.17, 15) is 0 Å². The van der Waals surface area contributed by atoms with Crippen molar-refractivity contribution in [2.45, 2.75) is 45.8 Å². The monoisotopic (exact) mass is 235 g/mol. The lowest BCUT2D eigenvalue weighted by Gasteiger charge is -2.24. The lowest BCUT2D eigenvalue weighted by Crippen LogP contribution is -2.30. The van der Waals surface area contributed by atoms with Crippen molar-refractivity contribution in [2.75, 3.05) is 13.7 Å². The topological polar surface area (TPSA) is 21.3 Å². The molecule has 1 N–H and O–H groups in total. The van der Waals surface area contributed by atoms with Crippen LogP contribution in [0.5, 0.6) is 0 Å². The molecule has 0 radical (unpaired) electrons. The third kappa shape index (κ3) is 4.88. The van der Waals surface area contributed by atoms with Gasteiger partial charge in [0.15, 0.2) is 0 Å². The largest absolute Gasteiger partial charge is 0.379 e. The SMILES string of the molecule is COC(C)(C)CCNC(C)c1ccc(C)cc1. The van der Waals surface area contributed by atoms with Gasteiger partial charge < -0.3 is 10.1 Å². The molecule has 96 valence electrons. The van der Waals surface area contributed by atoms with Crippen molar-refractivity contribution >= 4 is 0 Å². The van der Waals surface area contributed by atoms with E-state index < -0.39 is 0 Å². The number of ether oxygens (including phenoxy) is 1. The molecule has 0 heterocycles. The first-order valence-electron chi connectivity index (χ1n) is 6.30. The maximum absolute atomic E-state index is 5.40. The van der Waals surface area contributed by atoms with Crippen LogP contribution in [0.4, 0.5) is 0 Å². The minimum absolute atomic E-state index is 0.0417. The Morgan fingerprint density at radius 3 is 2.35 bits per heavy atom. The van der Waals surface area contributed by atoms with E-state index in [0.29, 0.717) is 6.04 Å². The van der Waals surface area contributed by atoms with Crippen molar-refractivity contribution < 1.29 is 4.74 Å². The van der Waals surface area contributed by atoms with Crippen LogP contribution in [0.2, 0.25) is 0 Å². The molecule has 0 amide bonds. The van der Waals surface area contributed by atoms with Crippen LogP contribution in [0, 0.1) is 6.92 Å². The molecule has 1 aromatic carbocycles. The van der Waals surface area contributed by atoms with Gasteiger partial charge in [-0.05, 0) is 46.2 Å². The zero-order chi connectivity index (χ0) is 12.9. The summed E-state index contributed by atoms with van der Waals surface area (Å²) in [6.07, 6.45) is 1.01. The average molecular weight is 235 g/mol. The van der Waals surface area contributed by atoms with E-state index in [1.165, 1.54) is 11.1 Å². The van der Waals surface area contributed by atoms with Gasteiger partial charge >= 0.3 is 0 Å². The van der Waals surface area contributed by atoms with Crippen molar-refractivity contribution in [3.05, 3.63) is 35.4 Å². The number of aryl methyl sites for hydroxylation is 1. The first-order chi connectivity index (χ1) is 7.94. The third-order valence-corrected chi connectivity index (χ3v) is 3.31. The Bertz CT molecular complexity index is 329. The Labute approximate surface area is 105 Å². The van der Waals surface area contributed by atoms with E-state index in [0.717, 1.165) is 13.0 Å². The zero-order valence-corrected chi connectivity index (χ0v) is 11.7. The Hall–Kier alpha value is -0.860. The van der Waals surface area contributed by atoms with Crippen LogP contribution >= 0.6 is 0 Å². The van der Waals surface area contributed by atoms with Gasteiger partial charge in [-0.2, -0.15) is 0 Å². The second-order valence-electron chi connectivity index (χ2n) is 5.30. The van der Waals surface area contributed by atoms with E-state index in [4.69, 9.17) is 4.74 Å². The van der Waals surface area contributed by atoms with Crippen LogP contribution < -0.4 is 5.32 Å². The maximum atomic E-state index is 5.40. The van der Waals surface area contributed by atoms with Crippen molar-refractivity contribution in [3.8, 4) is 0 Å². The Kier molecular flexibility index (Phi) is 5.16. The van der Waals surface area contributed by atoms with Gasteiger partial charge in [-0.15, -0.1) is 0 Å². The summed E-state index contributed by atoms with van der Waals surface area (Å²) < 4.78 is 5.40. The van der Waals surface area contributed by atoms with Crippen molar-refractivity contribution in [3.63, 3.8) is 0 Å². The number of methoxy groups -OCH3 is 1. The standard InChI is InChI=1S/C15H25NO/c1-12-6-8-14(9-7-12)13(2)16-11-10-15(3,4)17-5/h6-9,13,16H,10-11H2,1-5H3. The highest BCUT2D eigenvalue weighted by molar-refractivity contribution is 5.23. The summed E-state index contributed by atoms with van der Waals surface area (Å²) in [6, 6.07) is 9.09. The van der Waals surface area contributed by atoms with Crippen molar-refractivity contribution in [2.24, 2.45) is 0 Å². The summed E-state index contributed by atoms with van der Waals surface area (Å²) in [5.74, 6) is 0. The van der Waals surface area contributed by atoms with E-state index in [-0.39, 0.29) is 5.60 Å². The molecule has 1 unspecified atom stereocenters. The van der Waals surface area contributed by atoms with Gasteiger partial charge in [0.25, 0.3) is 0 Å². The molecule has 0 aromatic heterocycles. The molecule has 2 nitrogen and oxygen atoms in total. The normalized spacial score (nSPS) is 13.7. The van der Waals surface area contributed by atoms with Gasteiger partial charge in [-0.1, -0.05) is 29.8 Å². The number of rotatable bonds is 6. The molecule has 1 rings (SSSR count). The lowest BCUT2D eigenvalue weighted by molar-refractivity contribution is 0.0154. The molecule has 1 atom stereocenters. The summed E-state index contributed by atoms with van der Waals surface area (Å²) in [6.45, 7) is 9.51. The van der Waals surface area contributed by atoms with Crippen molar-refractivity contribution in [1.82, 2.24) is 5.32 Å². The zero-order valence-electron chi connectivity index (χ0n) is 11.7. The molecular formula is C15H25NO. The molecule has 0 aliphatic heterocycles. The molecular weight excluding hydrogens is 210 g/mol. The van der Waals surface area contributed by atoms with E-state index >= 15 is 0 Å². The minimum atomic E-state index is -0.0417. The number of hydrogen-bond acceptors (Lipinski definition) is 2. The number of hydrogen-bond donors (Lipinski definition) is 1. The van der Waals surface area contributed by atoms with Crippen LogP contribution in [-0.2, 0) is 4.74 Å². The van der Waals surface area contributed by atoms with Gasteiger partial charge in [0.1, 0.15) is 0 Å². The van der Waals surface area contributed by atoms with Gasteiger partial charge in [-0.3, -0.25) is 0 Å². The van der Waals surface area contributed by atoms with E-state index in [1.807, 2.05) is 0 Å². The number of nitrogens with one attached hydrogen (secondary N) is 1. The summed E-state index contributed by atoms with van der Waals surface area (Å²) in [5.41, 5.74) is 2.60. The molecule has 0 aliphatic carbocycles. The third-order valence-electron chi connectivity index (χ3n) is 3.31. The van der Waals surface area contributed by atoms with Crippen molar-refractivity contribution in [1.29, 1.82) is 0 Å². The van der Waals surface area contributed by atoms with Crippen LogP contribution in [0.1, 0.15) is 44.4 Å². The summed E-state index contributed by atoms with van der Waals surface area (Å²) >= 11 is 0. The van der Waals surface area contributed by atoms with Gasteiger partial charge in [-0.25, -0.2) is 0 Å². The number of benzene rings is 1. The Morgan fingerprint density at radius 2 is 1.82 bits per heavy atom. The Balaban J connectivity index is 2.40. The molecule has 2 heteroatoms. The van der Waals surface area contributed by atoms with Crippen LogP contribution in [-0.4, -0.2) is 19.3 Å². The van der Waals surface area contributed by atoms with Gasteiger partial charge in [0.05, 0.1) is 5.60 Å². The molecule has 0 spiro atoms. The summed E-state index contributed by atoms with van der Waals surface area (Å²) in [7, 11) is 1.77. The summed E-state index contributed by atoms with van der Waals surface area (Å²) in [5, 5.41) is 3.53. The quantitative estimate of drug-likeness (QED) is 0.815. The van der Waals surface area contributed by atoms with Crippen LogP contribution in [0.15, 0.2) is 24.3 Å². The maximum Gasteiger partial charge on any atom is 0.0634 e. The fourth-order valence-corrected chi connectivity index (χ4v) is 1.66. The fraction of sp³-hybridized carbons (Fsp3) is 0.600.